The van der Waals surface area contributed by atoms with E-state index in [9.17, 15) is 35.4 Å². The Morgan fingerprint density at radius 2 is 1.17 bits per heavy atom. The zero-order valence-corrected chi connectivity index (χ0v) is 9.14. The van der Waals surface area contributed by atoms with Crippen molar-refractivity contribution in [2.24, 2.45) is 0 Å². The maximum absolute atomic E-state index is 11.1. The van der Waals surface area contributed by atoms with E-state index in [-0.39, 0.29) is 51.9 Å². The molecule has 10 nitrogen and oxygen atoms in total. The zero-order valence-electron chi connectivity index (χ0n) is 7.66. The molecule has 0 aromatic heterocycles. The predicted octanol–water partition coefficient (Wildman–Crippen LogP) is -0.166. The van der Waals surface area contributed by atoms with Gasteiger partial charge in [-0.25, -0.2) is 0 Å². The summed E-state index contributed by atoms with van der Waals surface area (Å²) in [7, 11) is 0. The summed E-state index contributed by atoms with van der Waals surface area (Å²) in [4.78, 5) is 27.5. The third-order valence-corrected chi connectivity index (χ3v) is 1.64. The Balaban J connectivity index is 0. The quantitative estimate of drug-likeness (QED) is 0.412. The number of benzene rings is 1. The molecule has 0 unspecified atom stereocenters. The molecular weight excluding hydrogens is 357 g/mol. The fourth-order valence-electron chi connectivity index (χ4n) is 0.961. The molecule has 0 aliphatic rings. The first-order valence-electron chi connectivity index (χ1n) is 3.63. The first-order valence-corrected chi connectivity index (χ1v) is 3.63. The molecular formula is C6H3AgN3NaO7. The van der Waals surface area contributed by atoms with Gasteiger partial charge in [0.05, 0.1) is 32.7 Å². The Hall–Kier alpha value is -1.04. The molecule has 1 aromatic rings. The average Bonchev–Trinajstić information content (AvgIpc) is 2.16. The van der Waals surface area contributed by atoms with E-state index in [4.69, 9.17) is 0 Å². The van der Waals surface area contributed by atoms with Crippen LogP contribution in [0.25, 0.3) is 0 Å². The summed E-state index contributed by atoms with van der Waals surface area (Å²) in [6.07, 6.45) is 0. The molecule has 0 radical (unpaired) electrons. The zero-order chi connectivity index (χ0) is 12.5. The molecule has 0 atom stereocenters. The maximum atomic E-state index is 11.1. The average molecular weight is 360 g/mol. The van der Waals surface area contributed by atoms with Crippen molar-refractivity contribution >= 4 is 46.6 Å². The van der Waals surface area contributed by atoms with Crippen LogP contribution in [0, 0.1) is 30.3 Å². The van der Waals surface area contributed by atoms with Gasteiger partial charge in [-0.15, -0.1) is 0 Å². The molecule has 1 rings (SSSR count). The van der Waals surface area contributed by atoms with E-state index in [0.717, 1.165) is 0 Å². The fourth-order valence-corrected chi connectivity index (χ4v) is 0.961. The van der Waals surface area contributed by atoms with Gasteiger partial charge >= 0.3 is 51.9 Å². The van der Waals surface area contributed by atoms with Gasteiger partial charge in [0.1, 0.15) is 0 Å². The fraction of sp³-hybridized carbons (Fsp3) is 0. The SMILES string of the molecule is O=[N+]([O-])c1cc([N+](=O)[O-])c([O-])c([N+](=O)[O-])c1.[Ag+].[NaH]. The van der Waals surface area contributed by atoms with E-state index in [1.807, 2.05) is 0 Å². The van der Waals surface area contributed by atoms with Crippen LogP contribution >= 0.6 is 0 Å². The van der Waals surface area contributed by atoms with E-state index in [1.54, 1.807) is 0 Å². The van der Waals surface area contributed by atoms with Crippen molar-refractivity contribution in [2.75, 3.05) is 0 Å². The van der Waals surface area contributed by atoms with E-state index in [1.165, 1.54) is 0 Å². The van der Waals surface area contributed by atoms with Gasteiger partial charge in [-0.1, -0.05) is 0 Å². The van der Waals surface area contributed by atoms with Crippen molar-refractivity contribution in [3.8, 4) is 5.75 Å². The molecule has 0 saturated carbocycles. The van der Waals surface area contributed by atoms with Crippen molar-refractivity contribution in [1.29, 1.82) is 0 Å². The van der Waals surface area contributed by atoms with Crippen molar-refractivity contribution < 1.29 is 42.3 Å². The predicted molar refractivity (Wildman–Crippen MR) is 53.0 cm³/mol. The van der Waals surface area contributed by atoms with Crippen LogP contribution in [0.3, 0.4) is 0 Å². The van der Waals surface area contributed by atoms with Gasteiger partial charge in [-0.05, 0) is 0 Å². The summed E-state index contributed by atoms with van der Waals surface area (Å²) in [6.45, 7) is 0. The molecule has 0 bridgehead atoms. The Morgan fingerprint density at radius 1 is 0.833 bits per heavy atom. The summed E-state index contributed by atoms with van der Waals surface area (Å²) in [5.41, 5.74) is -3.26. The molecule has 96 valence electrons. The Kier molecular flexibility index (Phi) is 7.94. The third-order valence-electron chi connectivity index (χ3n) is 1.64. The molecule has 0 spiro atoms. The van der Waals surface area contributed by atoms with Crippen molar-refractivity contribution in [3.05, 3.63) is 42.5 Å². The number of nitro groups is 3. The minimum atomic E-state index is -1.46. The van der Waals surface area contributed by atoms with E-state index in [2.05, 4.69) is 0 Å². The van der Waals surface area contributed by atoms with Crippen LogP contribution in [0.15, 0.2) is 12.1 Å². The van der Waals surface area contributed by atoms with Gasteiger partial charge < -0.3 is 5.11 Å². The first kappa shape index (κ1) is 19.3. The van der Waals surface area contributed by atoms with Gasteiger partial charge in [0.2, 0.25) is 0 Å². The molecule has 0 heterocycles. The van der Waals surface area contributed by atoms with E-state index in [0.29, 0.717) is 12.1 Å². The molecule has 1 aromatic carbocycles. The van der Waals surface area contributed by atoms with Crippen LogP contribution in [0.4, 0.5) is 17.1 Å². The summed E-state index contributed by atoms with van der Waals surface area (Å²) in [5.74, 6) is -1.46. The number of non-ortho nitro benzene ring substituents is 1. The van der Waals surface area contributed by atoms with Crippen LogP contribution in [0.5, 0.6) is 5.75 Å². The summed E-state index contributed by atoms with van der Waals surface area (Å²) < 4.78 is 0. The normalized spacial score (nSPS) is 8.67. The van der Waals surface area contributed by atoms with E-state index >= 15 is 0 Å². The molecule has 0 amide bonds. The van der Waals surface area contributed by atoms with Gasteiger partial charge in [0.25, 0.3) is 17.1 Å². The number of rotatable bonds is 3. The number of hydrogen-bond acceptors (Lipinski definition) is 7. The molecule has 18 heavy (non-hydrogen) atoms. The number of hydrogen-bond donors (Lipinski definition) is 0. The second-order valence-corrected chi connectivity index (χ2v) is 2.58. The number of nitrogens with zero attached hydrogens (tertiary/aromatic N) is 3. The summed E-state index contributed by atoms with van der Waals surface area (Å²) in [6, 6.07) is 0.769. The van der Waals surface area contributed by atoms with Crippen LogP contribution in [-0.4, -0.2) is 44.3 Å². The monoisotopic (exact) mass is 359 g/mol. The third kappa shape index (κ3) is 4.01. The molecule has 0 saturated heterocycles. The number of nitro benzene ring substituents is 3. The van der Waals surface area contributed by atoms with Crippen LogP contribution in [0.2, 0.25) is 0 Å². The standard InChI is InChI=1S/C6H3N3O7.Ag.Na.H/c10-6-4(8(13)14)1-3(7(11)12)2-5(6)9(15)16;;;/h1-2,10H;;;/q;+1;;/p-1. The van der Waals surface area contributed by atoms with Crippen molar-refractivity contribution in [3.63, 3.8) is 0 Å². The van der Waals surface area contributed by atoms with Crippen molar-refractivity contribution in [2.45, 2.75) is 0 Å². The Bertz CT molecular complexity index is 473. The van der Waals surface area contributed by atoms with Crippen LogP contribution in [-0.2, 0) is 22.4 Å². The minimum absolute atomic E-state index is 0. The molecule has 0 aliphatic carbocycles. The Morgan fingerprint density at radius 3 is 1.39 bits per heavy atom. The summed E-state index contributed by atoms with van der Waals surface area (Å²) >= 11 is 0. The van der Waals surface area contributed by atoms with Crippen molar-refractivity contribution in [1.82, 2.24) is 0 Å². The van der Waals surface area contributed by atoms with E-state index < -0.39 is 37.6 Å². The van der Waals surface area contributed by atoms with Gasteiger partial charge in [0.15, 0.2) is 0 Å². The topological polar surface area (TPSA) is 152 Å². The second-order valence-electron chi connectivity index (χ2n) is 2.58. The van der Waals surface area contributed by atoms with Gasteiger partial charge in [-0.2, -0.15) is 0 Å². The first-order chi connectivity index (χ1) is 7.34. The second kappa shape index (κ2) is 7.41. The van der Waals surface area contributed by atoms with Crippen LogP contribution in [0.1, 0.15) is 0 Å². The van der Waals surface area contributed by atoms with Gasteiger partial charge in [-0.3, -0.25) is 30.3 Å². The Labute approximate surface area is 136 Å². The molecule has 0 aliphatic heterocycles. The molecule has 12 heteroatoms. The molecule has 0 fully saturated rings. The van der Waals surface area contributed by atoms with Gasteiger partial charge in [0, 0.05) is 0 Å². The molecule has 0 N–H and O–H groups in total. The van der Waals surface area contributed by atoms with Crippen LogP contribution < -0.4 is 5.11 Å². The summed E-state index contributed by atoms with van der Waals surface area (Å²) in [5, 5.41) is 42.1.